The summed E-state index contributed by atoms with van der Waals surface area (Å²) in [5.41, 5.74) is 1.07. The molecule has 3 nitrogen and oxygen atoms in total. The summed E-state index contributed by atoms with van der Waals surface area (Å²) in [6.45, 7) is 0.798. The lowest BCUT2D eigenvalue weighted by atomic mass is 9.80. The molecule has 1 aromatic heterocycles. The van der Waals surface area contributed by atoms with Gasteiger partial charge in [-0.15, -0.1) is 0 Å². The van der Waals surface area contributed by atoms with E-state index in [1.54, 1.807) is 12.4 Å². The van der Waals surface area contributed by atoms with Crippen LogP contribution in [0.3, 0.4) is 0 Å². The molecule has 0 bridgehead atoms. The van der Waals surface area contributed by atoms with E-state index in [-0.39, 0.29) is 11.7 Å². The lowest BCUT2D eigenvalue weighted by molar-refractivity contribution is -0.113. The third kappa shape index (κ3) is 2.29. The van der Waals surface area contributed by atoms with Gasteiger partial charge in [0, 0.05) is 19.0 Å². The van der Waals surface area contributed by atoms with Crippen molar-refractivity contribution in [3.8, 4) is 0 Å². The molecule has 1 aliphatic carbocycles. The van der Waals surface area contributed by atoms with Crippen LogP contribution in [0.1, 0.15) is 50.2 Å². The van der Waals surface area contributed by atoms with Gasteiger partial charge >= 0.3 is 0 Å². The maximum Gasteiger partial charge on any atom is 0.0821 e. The highest BCUT2D eigenvalue weighted by molar-refractivity contribution is 5.14. The predicted octanol–water partition coefficient (Wildman–Crippen LogP) is 2.85. The summed E-state index contributed by atoms with van der Waals surface area (Å²) in [6, 6.07) is 3.84. The summed E-state index contributed by atoms with van der Waals surface area (Å²) in [4.78, 5) is 4.01. The Hall–Kier alpha value is -0.930. The van der Waals surface area contributed by atoms with E-state index in [1.807, 2.05) is 12.1 Å². The van der Waals surface area contributed by atoms with Crippen LogP contribution in [0.15, 0.2) is 24.5 Å². The number of aliphatic hydroxyl groups is 1. The number of hydrogen-bond acceptors (Lipinski definition) is 3. The SMILES string of the molecule is OC(c1ccncc1)C1CCOC2(CCCC2)C1. The second kappa shape index (κ2) is 4.98. The Kier molecular flexibility index (Phi) is 3.35. The maximum atomic E-state index is 10.5. The van der Waals surface area contributed by atoms with Crippen LogP contribution in [-0.4, -0.2) is 22.3 Å². The average Bonchev–Trinajstić information content (AvgIpc) is 2.87. The summed E-state index contributed by atoms with van der Waals surface area (Å²) < 4.78 is 6.02. The zero-order chi connectivity index (χ0) is 12.4. The van der Waals surface area contributed by atoms with Crippen molar-refractivity contribution in [2.45, 2.75) is 50.2 Å². The van der Waals surface area contributed by atoms with Crippen LogP contribution in [0.5, 0.6) is 0 Å². The number of aromatic nitrogens is 1. The van der Waals surface area contributed by atoms with Gasteiger partial charge in [0.2, 0.25) is 0 Å². The van der Waals surface area contributed by atoms with Crippen molar-refractivity contribution in [3.05, 3.63) is 30.1 Å². The van der Waals surface area contributed by atoms with Gasteiger partial charge in [-0.3, -0.25) is 4.98 Å². The lowest BCUT2D eigenvalue weighted by Gasteiger charge is -2.40. The molecule has 1 N–H and O–H groups in total. The quantitative estimate of drug-likeness (QED) is 0.873. The van der Waals surface area contributed by atoms with Crippen LogP contribution in [-0.2, 0) is 4.74 Å². The summed E-state index contributed by atoms with van der Waals surface area (Å²) in [5.74, 6) is 0.333. The van der Waals surface area contributed by atoms with Gasteiger partial charge < -0.3 is 9.84 Å². The Morgan fingerprint density at radius 3 is 2.72 bits per heavy atom. The summed E-state index contributed by atoms with van der Waals surface area (Å²) >= 11 is 0. The standard InChI is InChI=1S/C15H21NO2/c17-14(12-3-8-16-9-4-12)13-5-10-18-15(11-13)6-1-2-7-15/h3-4,8-9,13-14,17H,1-2,5-7,10-11H2. The van der Waals surface area contributed by atoms with Gasteiger partial charge in [-0.2, -0.15) is 0 Å². The maximum absolute atomic E-state index is 10.5. The van der Waals surface area contributed by atoms with Crippen LogP contribution in [0, 0.1) is 5.92 Å². The Labute approximate surface area is 108 Å². The lowest BCUT2D eigenvalue weighted by Crippen LogP contribution is -2.39. The van der Waals surface area contributed by atoms with Gasteiger partial charge in [0.05, 0.1) is 11.7 Å². The molecule has 1 saturated carbocycles. The van der Waals surface area contributed by atoms with E-state index in [2.05, 4.69) is 4.98 Å². The molecule has 0 amide bonds. The zero-order valence-corrected chi connectivity index (χ0v) is 10.7. The highest BCUT2D eigenvalue weighted by Crippen LogP contribution is 2.45. The molecule has 1 saturated heterocycles. The highest BCUT2D eigenvalue weighted by Gasteiger charge is 2.41. The van der Waals surface area contributed by atoms with Gasteiger partial charge in [-0.1, -0.05) is 12.8 Å². The molecule has 1 spiro atoms. The molecule has 1 aliphatic heterocycles. The Bertz CT molecular complexity index is 387. The normalized spacial score (nSPS) is 28.4. The fraction of sp³-hybridized carbons (Fsp3) is 0.667. The van der Waals surface area contributed by atoms with Crippen molar-refractivity contribution in [2.24, 2.45) is 5.92 Å². The van der Waals surface area contributed by atoms with Gasteiger partial charge in [0.25, 0.3) is 0 Å². The van der Waals surface area contributed by atoms with Gasteiger partial charge in [0.15, 0.2) is 0 Å². The van der Waals surface area contributed by atoms with Crippen LogP contribution in [0.25, 0.3) is 0 Å². The molecular formula is C15H21NO2. The molecule has 2 aliphatic rings. The van der Waals surface area contributed by atoms with Crippen molar-refractivity contribution in [3.63, 3.8) is 0 Å². The summed E-state index contributed by atoms with van der Waals surface area (Å²) in [6.07, 6.45) is 10.0. The van der Waals surface area contributed by atoms with E-state index >= 15 is 0 Å². The molecule has 3 heteroatoms. The molecule has 2 unspecified atom stereocenters. The van der Waals surface area contributed by atoms with Crippen molar-refractivity contribution in [1.29, 1.82) is 0 Å². The first-order valence-electron chi connectivity index (χ1n) is 7.01. The Morgan fingerprint density at radius 1 is 1.28 bits per heavy atom. The molecule has 1 aromatic rings. The van der Waals surface area contributed by atoms with E-state index in [9.17, 15) is 5.11 Å². The van der Waals surface area contributed by atoms with Gasteiger partial charge in [-0.05, 0) is 49.3 Å². The molecule has 18 heavy (non-hydrogen) atoms. The first-order valence-corrected chi connectivity index (χ1v) is 7.01. The Morgan fingerprint density at radius 2 is 2.00 bits per heavy atom. The van der Waals surface area contributed by atoms with Crippen molar-refractivity contribution in [2.75, 3.05) is 6.61 Å². The number of nitrogens with zero attached hydrogens (tertiary/aromatic N) is 1. The van der Waals surface area contributed by atoms with E-state index in [4.69, 9.17) is 4.74 Å². The third-order valence-corrected chi connectivity index (χ3v) is 4.54. The van der Waals surface area contributed by atoms with Gasteiger partial charge in [-0.25, -0.2) is 0 Å². The minimum atomic E-state index is -0.366. The predicted molar refractivity (Wildman–Crippen MR) is 69.1 cm³/mol. The van der Waals surface area contributed by atoms with Crippen molar-refractivity contribution < 1.29 is 9.84 Å². The second-order valence-electron chi connectivity index (χ2n) is 5.72. The van der Waals surface area contributed by atoms with Crippen LogP contribution >= 0.6 is 0 Å². The van der Waals surface area contributed by atoms with E-state index in [1.165, 1.54) is 25.7 Å². The fourth-order valence-electron chi connectivity index (χ4n) is 3.54. The third-order valence-electron chi connectivity index (χ3n) is 4.54. The molecule has 2 heterocycles. The highest BCUT2D eigenvalue weighted by atomic mass is 16.5. The van der Waals surface area contributed by atoms with E-state index in [0.717, 1.165) is 25.0 Å². The number of hydrogen-bond donors (Lipinski definition) is 1. The first kappa shape index (κ1) is 12.1. The first-order chi connectivity index (χ1) is 8.79. The van der Waals surface area contributed by atoms with Crippen LogP contribution < -0.4 is 0 Å². The minimum Gasteiger partial charge on any atom is -0.388 e. The number of pyridine rings is 1. The molecule has 98 valence electrons. The fourth-order valence-corrected chi connectivity index (χ4v) is 3.54. The monoisotopic (exact) mass is 247 g/mol. The minimum absolute atomic E-state index is 0.0803. The number of aliphatic hydroxyl groups excluding tert-OH is 1. The molecule has 3 rings (SSSR count). The summed E-state index contributed by atoms with van der Waals surface area (Å²) in [5, 5.41) is 10.5. The van der Waals surface area contributed by atoms with Crippen molar-refractivity contribution in [1.82, 2.24) is 4.98 Å². The molecule has 0 aromatic carbocycles. The largest absolute Gasteiger partial charge is 0.388 e. The zero-order valence-electron chi connectivity index (χ0n) is 10.7. The van der Waals surface area contributed by atoms with Crippen molar-refractivity contribution >= 4 is 0 Å². The Balaban J connectivity index is 1.72. The van der Waals surface area contributed by atoms with Crippen LogP contribution in [0.4, 0.5) is 0 Å². The van der Waals surface area contributed by atoms with E-state index in [0.29, 0.717) is 5.92 Å². The molecule has 2 atom stereocenters. The second-order valence-corrected chi connectivity index (χ2v) is 5.72. The number of rotatable bonds is 2. The smallest absolute Gasteiger partial charge is 0.0821 e. The van der Waals surface area contributed by atoms with Gasteiger partial charge in [0.1, 0.15) is 0 Å². The van der Waals surface area contributed by atoms with E-state index < -0.39 is 0 Å². The molecule has 2 fully saturated rings. The molecule has 0 radical (unpaired) electrons. The van der Waals surface area contributed by atoms with Crippen LogP contribution in [0.2, 0.25) is 0 Å². The topological polar surface area (TPSA) is 42.4 Å². The number of ether oxygens (including phenoxy) is 1. The summed E-state index contributed by atoms with van der Waals surface area (Å²) in [7, 11) is 0. The molecular weight excluding hydrogens is 226 g/mol. The average molecular weight is 247 g/mol.